The number of halogens is 2. The molecule has 2 aromatic carbocycles. The van der Waals surface area contributed by atoms with Crippen molar-refractivity contribution in [2.75, 3.05) is 0 Å². The van der Waals surface area contributed by atoms with E-state index in [0.29, 0.717) is 22.4 Å². The second-order valence-electron chi connectivity index (χ2n) is 3.80. The molecule has 1 N–H and O–H groups in total. The molecule has 0 atom stereocenters. The number of benzene rings is 2. The van der Waals surface area contributed by atoms with Gasteiger partial charge in [0, 0.05) is 15.6 Å². The average molecular weight is 296 g/mol. The number of rotatable bonds is 4. The summed E-state index contributed by atoms with van der Waals surface area (Å²) in [7, 11) is 0. The second kappa shape index (κ2) is 6.45. The first-order valence-corrected chi connectivity index (χ1v) is 6.29. The van der Waals surface area contributed by atoms with Crippen LogP contribution in [0.5, 0.6) is 5.75 Å². The van der Waals surface area contributed by atoms with E-state index in [2.05, 4.69) is 5.16 Å². The van der Waals surface area contributed by atoms with Gasteiger partial charge in [-0.3, -0.25) is 0 Å². The van der Waals surface area contributed by atoms with Crippen LogP contribution in [0.15, 0.2) is 47.6 Å². The van der Waals surface area contributed by atoms with E-state index < -0.39 is 0 Å². The smallest absolute Gasteiger partial charge is 0.119 e. The lowest BCUT2D eigenvalue weighted by molar-refractivity contribution is 0.306. The Bertz CT molecular complexity index is 562. The van der Waals surface area contributed by atoms with Gasteiger partial charge >= 0.3 is 0 Å². The maximum atomic E-state index is 8.41. The molecule has 0 unspecified atom stereocenters. The predicted octanol–water partition coefficient (Wildman–Crippen LogP) is 4.38. The van der Waals surface area contributed by atoms with E-state index in [-0.39, 0.29) is 0 Å². The molecule has 3 nitrogen and oxygen atoms in total. The fraction of sp³-hybridized carbons (Fsp3) is 0.0714. The van der Waals surface area contributed by atoms with Gasteiger partial charge in [-0.15, -0.1) is 0 Å². The van der Waals surface area contributed by atoms with Gasteiger partial charge in [0.25, 0.3) is 0 Å². The molecule has 0 aliphatic heterocycles. The first-order valence-electron chi connectivity index (χ1n) is 5.54. The van der Waals surface area contributed by atoms with E-state index in [1.807, 2.05) is 0 Å². The van der Waals surface area contributed by atoms with Crippen molar-refractivity contribution in [2.45, 2.75) is 6.61 Å². The Labute approximate surface area is 121 Å². The molecule has 0 fully saturated rings. The molecule has 0 heterocycles. The minimum atomic E-state index is 0.298. The molecule has 0 saturated carbocycles. The van der Waals surface area contributed by atoms with Crippen LogP contribution in [-0.2, 0) is 6.61 Å². The van der Waals surface area contributed by atoms with Gasteiger partial charge < -0.3 is 9.94 Å². The highest BCUT2D eigenvalue weighted by molar-refractivity contribution is 6.35. The third kappa shape index (κ3) is 3.63. The number of hydrogen-bond acceptors (Lipinski definition) is 3. The normalized spacial score (nSPS) is 10.8. The summed E-state index contributed by atoms with van der Waals surface area (Å²) in [5.74, 6) is 0.686. The van der Waals surface area contributed by atoms with Crippen molar-refractivity contribution in [1.82, 2.24) is 0 Å². The highest BCUT2D eigenvalue weighted by Gasteiger charge is 2.06. The summed E-state index contributed by atoms with van der Waals surface area (Å²) in [4.78, 5) is 0. The zero-order valence-corrected chi connectivity index (χ0v) is 11.4. The van der Waals surface area contributed by atoms with Gasteiger partial charge in [0.05, 0.1) is 6.21 Å². The van der Waals surface area contributed by atoms with Gasteiger partial charge in [-0.05, 0) is 42.0 Å². The summed E-state index contributed by atoms with van der Waals surface area (Å²) >= 11 is 12.1. The van der Waals surface area contributed by atoms with Crippen LogP contribution in [0.25, 0.3) is 0 Å². The SMILES string of the molecule is O/N=C\c1ccc(OCc2c(Cl)cccc2Cl)cc1. The molecular formula is C14H11Cl2NO2. The van der Waals surface area contributed by atoms with Crippen molar-refractivity contribution in [2.24, 2.45) is 5.16 Å². The van der Waals surface area contributed by atoms with Crippen LogP contribution in [0.2, 0.25) is 10.0 Å². The Hall–Kier alpha value is -1.71. The van der Waals surface area contributed by atoms with Crippen LogP contribution in [-0.4, -0.2) is 11.4 Å². The fourth-order valence-electron chi connectivity index (χ4n) is 1.54. The fourth-order valence-corrected chi connectivity index (χ4v) is 2.05. The van der Waals surface area contributed by atoms with Crippen molar-refractivity contribution < 1.29 is 9.94 Å². The van der Waals surface area contributed by atoms with Gasteiger partial charge in [-0.1, -0.05) is 34.4 Å². The Morgan fingerprint density at radius 1 is 1.05 bits per heavy atom. The molecule has 0 saturated heterocycles. The van der Waals surface area contributed by atoms with E-state index in [4.69, 9.17) is 33.1 Å². The molecule has 19 heavy (non-hydrogen) atoms. The van der Waals surface area contributed by atoms with E-state index in [1.54, 1.807) is 42.5 Å². The number of nitrogens with zero attached hydrogens (tertiary/aromatic N) is 1. The summed E-state index contributed by atoms with van der Waals surface area (Å²) in [6, 6.07) is 12.5. The largest absolute Gasteiger partial charge is 0.489 e. The predicted molar refractivity (Wildman–Crippen MR) is 76.6 cm³/mol. The first-order chi connectivity index (χ1) is 9.20. The molecule has 2 rings (SSSR count). The van der Waals surface area contributed by atoms with Gasteiger partial charge in [-0.2, -0.15) is 0 Å². The summed E-state index contributed by atoms with van der Waals surface area (Å²) < 4.78 is 5.61. The Morgan fingerprint density at radius 2 is 1.68 bits per heavy atom. The van der Waals surface area contributed by atoms with E-state index in [1.165, 1.54) is 6.21 Å². The van der Waals surface area contributed by atoms with Crippen LogP contribution in [0.3, 0.4) is 0 Å². The van der Waals surface area contributed by atoms with Crippen molar-refractivity contribution in [3.8, 4) is 5.75 Å². The van der Waals surface area contributed by atoms with Crippen molar-refractivity contribution in [3.63, 3.8) is 0 Å². The van der Waals surface area contributed by atoms with Gasteiger partial charge in [0.2, 0.25) is 0 Å². The van der Waals surface area contributed by atoms with Crippen LogP contribution < -0.4 is 4.74 Å². The monoisotopic (exact) mass is 295 g/mol. The molecule has 0 aromatic heterocycles. The molecule has 0 spiro atoms. The Balaban J connectivity index is 2.06. The zero-order chi connectivity index (χ0) is 13.7. The topological polar surface area (TPSA) is 41.8 Å². The zero-order valence-electron chi connectivity index (χ0n) is 9.88. The third-order valence-corrected chi connectivity index (χ3v) is 3.24. The number of hydrogen-bond donors (Lipinski definition) is 1. The summed E-state index contributed by atoms with van der Waals surface area (Å²) in [6.45, 7) is 0.298. The average Bonchev–Trinajstić information content (AvgIpc) is 2.40. The first kappa shape index (κ1) is 13.7. The molecule has 98 valence electrons. The quantitative estimate of drug-likeness (QED) is 0.517. The van der Waals surface area contributed by atoms with Crippen LogP contribution in [0, 0.1) is 0 Å². The number of ether oxygens (including phenoxy) is 1. The molecule has 0 radical (unpaired) electrons. The second-order valence-corrected chi connectivity index (χ2v) is 4.62. The van der Waals surface area contributed by atoms with Crippen LogP contribution >= 0.6 is 23.2 Å². The van der Waals surface area contributed by atoms with Crippen molar-refractivity contribution in [3.05, 3.63) is 63.6 Å². The summed E-state index contributed by atoms with van der Waals surface area (Å²) in [5, 5.41) is 12.5. The van der Waals surface area contributed by atoms with Gasteiger partial charge in [0.1, 0.15) is 12.4 Å². The molecule has 2 aromatic rings. The van der Waals surface area contributed by atoms with E-state index >= 15 is 0 Å². The van der Waals surface area contributed by atoms with Crippen LogP contribution in [0.1, 0.15) is 11.1 Å². The third-order valence-electron chi connectivity index (χ3n) is 2.53. The lowest BCUT2D eigenvalue weighted by Gasteiger charge is -2.09. The maximum absolute atomic E-state index is 8.41. The molecule has 0 aliphatic carbocycles. The maximum Gasteiger partial charge on any atom is 0.119 e. The summed E-state index contributed by atoms with van der Waals surface area (Å²) in [5.41, 5.74) is 1.54. The highest BCUT2D eigenvalue weighted by Crippen LogP contribution is 2.25. The van der Waals surface area contributed by atoms with Crippen molar-refractivity contribution >= 4 is 29.4 Å². The minimum absolute atomic E-state index is 0.298. The molecule has 0 aliphatic rings. The lowest BCUT2D eigenvalue weighted by atomic mass is 10.2. The minimum Gasteiger partial charge on any atom is -0.489 e. The molecule has 0 bridgehead atoms. The molecule has 5 heteroatoms. The number of oxime groups is 1. The van der Waals surface area contributed by atoms with Gasteiger partial charge in [0.15, 0.2) is 0 Å². The Morgan fingerprint density at radius 3 is 2.26 bits per heavy atom. The van der Waals surface area contributed by atoms with Crippen molar-refractivity contribution in [1.29, 1.82) is 0 Å². The van der Waals surface area contributed by atoms with Crippen LogP contribution in [0.4, 0.5) is 0 Å². The Kier molecular flexibility index (Phi) is 4.66. The summed E-state index contributed by atoms with van der Waals surface area (Å²) in [6.07, 6.45) is 1.34. The van der Waals surface area contributed by atoms with Gasteiger partial charge in [-0.25, -0.2) is 0 Å². The van der Waals surface area contributed by atoms with E-state index in [0.717, 1.165) is 11.1 Å². The standard InChI is InChI=1S/C14H11Cl2NO2/c15-13-2-1-3-14(16)12(13)9-19-11-6-4-10(5-7-11)8-17-18/h1-8,18H,9H2/b17-8-. The van der Waals surface area contributed by atoms with E-state index in [9.17, 15) is 0 Å². The highest BCUT2D eigenvalue weighted by atomic mass is 35.5. The molecule has 0 amide bonds. The lowest BCUT2D eigenvalue weighted by Crippen LogP contribution is -1.97. The molecular weight excluding hydrogens is 285 g/mol.